The molecular formula is C13H17N3O2S. The van der Waals surface area contributed by atoms with Gasteiger partial charge in [-0.15, -0.1) is 0 Å². The lowest BCUT2D eigenvalue weighted by atomic mass is 10.3. The first-order valence-corrected chi connectivity index (χ1v) is 7.39. The highest BCUT2D eigenvalue weighted by Gasteiger charge is 2.10. The number of sulfonamides is 1. The van der Waals surface area contributed by atoms with Gasteiger partial charge in [-0.3, -0.25) is 0 Å². The minimum Gasteiger partial charge on any atom is -0.379 e. The molecule has 1 heterocycles. The molecular weight excluding hydrogens is 262 g/mol. The quantitative estimate of drug-likeness (QED) is 0.873. The summed E-state index contributed by atoms with van der Waals surface area (Å²) in [5.74, 6) is 0. The monoisotopic (exact) mass is 279 g/mol. The maximum Gasteiger partial charge on any atom is 0.240 e. The summed E-state index contributed by atoms with van der Waals surface area (Å²) >= 11 is 0. The van der Waals surface area contributed by atoms with E-state index in [0.717, 1.165) is 11.4 Å². The third-order valence-electron chi connectivity index (χ3n) is 2.96. The fraction of sp³-hybridized carbons (Fsp3) is 0.231. The Balaban J connectivity index is 2.06. The van der Waals surface area contributed by atoms with Crippen molar-refractivity contribution >= 4 is 15.7 Å². The summed E-state index contributed by atoms with van der Waals surface area (Å²) in [6, 6.07) is 10.7. The fourth-order valence-electron chi connectivity index (χ4n) is 1.74. The maximum absolute atomic E-state index is 11.6. The first-order valence-electron chi connectivity index (χ1n) is 5.90. The van der Waals surface area contributed by atoms with Crippen LogP contribution in [0.3, 0.4) is 0 Å². The summed E-state index contributed by atoms with van der Waals surface area (Å²) < 4.78 is 27.5. The molecule has 0 atom stereocenters. The lowest BCUT2D eigenvalue weighted by Gasteiger charge is -2.08. The molecule has 0 saturated carbocycles. The SMILES string of the molecule is CNS(=O)(=O)c1ccc(NCc2cccn2C)cc1. The van der Waals surface area contributed by atoms with E-state index in [2.05, 4.69) is 10.0 Å². The van der Waals surface area contributed by atoms with Crippen LogP contribution in [0.2, 0.25) is 0 Å². The molecule has 0 fully saturated rings. The molecule has 0 saturated heterocycles. The molecule has 2 rings (SSSR count). The molecule has 1 aromatic heterocycles. The van der Waals surface area contributed by atoms with Crippen molar-refractivity contribution in [2.75, 3.05) is 12.4 Å². The lowest BCUT2D eigenvalue weighted by molar-refractivity contribution is 0.588. The second-order valence-electron chi connectivity index (χ2n) is 4.20. The van der Waals surface area contributed by atoms with Crippen molar-refractivity contribution in [3.63, 3.8) is 0 Å². The molecule has 0 spiro atoms. The van der Waals surface area contributed by atoms with Crippen LogP contribution in [0.5, 0.6) is 0 Å². The van der Waals surface area contributed by atoms with E-state index in [-0.39, 0.29) is 4.90 Å². The first-order chi connectivity index (χ1) is 9.03. The Kier molecular flexibility index (Phi) is 3.92. The standard InChI is InChI=1S/C13H17N3O2S/c1-14-19(17,18)13-7-5-11(6-8-13)15-10-12-4-3-9-16(12)2/h3-9,14-15H,10H2,1-2H3. The van der Waals surface area contributed by atoms with Gasteiger partial charge in [0.25, 0.3) is 0 Å². The van der Waals surface area contributed by atoms with Gasteiger partial charge >= 0.3 is 0 Å². The smallest absolute Gasteiger partial charge is 0.240 e. The third kappa shape index (κ3) is 3.15. The average Bonchev–Trinajstić information content (AvgIpc) is 2.82. The Hall–Kier alpha value is -1.79. The third-order valence-corrected chi connectivity index (χ3v) is 4.39. The lowest BCUT2D eigenvalue weighted by Crippen LogP contribution is -2.18. The Morgan fingerprint density at radius 2 is 1.84 bits per heavy atom. The zero-order chi connectivity index (χ0) is 13.9. The van der Waals surface area contributed by atoms with Crippen molar-refractivity contribution in [3.05, 3.63) is 48.3 Å². The van der Waals surface area contributed by atoms with Crippen LogP contribution in [0.25, 0.3) is 0 Å². The normalized spacial score (nSPS) is 11.5. The molecule has 19 heavy (non-hydrogen) atoms. The zero-order valence-corrected chi connectivity index (χ0v) is 11.7. The van der Waals surface area contributed by atoms with Crippen LogP contribution >= 0.6 is 0 Å². The van der Waals surface area contributed by atoms with Gasteiger partial charge in [-0.2, -0.15) is 0 Å². The van der Waals surface area contributed by atoms with Crippen molar-refractivity contribution in [1.29, 1.82) is 0 Å². The van der Waals surface area contributed by atoms with Gasteiger partial charge in [-0.25, -0.2) is 13.1 Å². The molecule has 102 valence electrons. The highest BCUT2D eigenvalue weighted by Crippen LogP contribution is 2.14. The number of aryl methyl sites for hydroxylation is 1. The highest BCUT2D eigenvalue weighted by molar-refractivity contribution is 7.89. The number of nitrogens with zero attached hydrogens (tertiary/aromatic N) is 1. The molecule has 2 aromatic rings. The summed E-state index contributed by atoms with van der Waals surface area (Å²) in [4.78, 5) is 0.263. The van der Waals surface area contributed by atoms with Crippen molar-refractivity contribution in [1.82, 2.24) is 9.29 Å². The maximum atomic E-state index is 11.6. The van der Waals surface area contributed by atoms with Gasteiger partial charge < -0.3 is 9.88 Å². The Labute approximate surface area is 113 Å². The number of benzene rings is 1. The molecule has 5 nitrogen and oxygen atoms in total. The molecule has 0 aliphatic heterocycles. The van der Waals surface area contributed by atoms with Crippen LogP contribution in [0.15, 0.2) is 47.5 Å². The number of anilines is 1. The van der Waals surface area contributed by atoms with E-state index in [1.807, 2.05) is 29.9 Å². The molecule has 0 amide bonds. The van der Waals surface area contributed by atoms with Gasteiger partial charge in [0.15, 0.2) is 0 Å². The van der Waals surface area contributed by atoms with Crippen LogP contribution in [0.4, 0.5) is 5.69 Å². The molecule has 0 bridgehead atoms. The number of hydrogen-bond acceptors (Lipinski definition) is 3. The van der Waals surface area contributed by atoms with E-state index >= 15 is 0 Å². The molecule has 0 radical (unpaired) electrons. The number of hydrogen-bond donors (Lipinski definition) is 2. The molecule has 2 N–H and O–H groups in total. The largest absolute Gasteiger partial charge is 0.379 e. The summed E-state index contributed by atoms with van der Waals surface area (Å²) in [6.07, 6.45) is 1.99. The topological polar surface area (TPSA) is 63.1 Å². The van der Waals surface area contributed by atoms with Crippen LogP contribution < -0.4 is 10.0 Å². The molecule has 1 aromatic carbocycles. The number of nitrogens with one attached hydrogen (secondary N) is 2. The Morgan fingerprint density at radius 3 is 2.37 bits per heavy atom. The molecule has 6 heteroatoms. The second kappa shape index (κ2) is 5.46. The minimum atomic E-state index is -3.36. The summed E-state index contributed by atoms with van der Waals surface area (Å²) in [7, 11) is 0.0237. The second-order valence-corrected chi connectivity index (χ2v) is 6.08. The molecule has 0 unspecified atom stereocenters. The van der Waals surface area contributed by atoms with Crippen LogP contribution in [-0.4, -0.2) is 20.0 Å². The van der Waals surface area contributed by atoms with E-state index in [1.54, 1.807) is 24.3 Å². The van der Waals surface area contributed by atoms with E-state index in [0.29, 0.717) is 6.54 Å². The zero-order valence-electron chi connectivity index (χ0n) is 10.9. The van der Waals surface area contributed by atoms with E-state index in [4.69, 9.17) is 0 Å². The van der Waals surface area contributed by atoms with Crippen molar-refractivity contribution in [2.24, 2.45) is 7.05 Å². The minimum absolute atomic E-state index is 0.263. The van der Waals surface area contributed by atoms with Crippen molar-refractivity contribution < 1.29 is 8.42 Å². The van der Waals surface area contributed by atoms with Gasteiger partial charge in [0.05, 0.1) is 11.4 Å². The Bertz CT molecular complexity index is 645. The summed E-state index contributed by atoms with van der Waals surface area (Å²) in [5.41, 5.74) is 2.04. The van der Waals surface area contributed by atoms with Gasteiger partial charge in [0.2, 0.25) is 10.0 Å². The van der Waals surface area contributed by atoms with Gasteiger partial charge in [-0.05, 0) is 43.4 Å². The van der Waals surface area contributed by atoms with Gasteiger partial charge in [0.1, 0.15) is 0 Å². The average molecular weight is 279 g/mol. The first kappa shape index (κ1) is 13.6. The predicted octanol–water partition coefficient (Wildman–Crippen LogP) is 1.55. The van der Waals surface area contributed by atoms with E-state index in [1.165, 1.54) is 7.05 Å². The predicted molar refractivity (Wildman–Crippen MR) is 75.4 cm³/mol. The van der Waals surface area contributed by atoms with Crippen molar-refractivity contribution in [2.45, 2.75) is 11.4 Å². The van der Waals surface area contributed by atoms with Crippen molar-refractivity contribution in [3.8, 4) is 0 Å². The van der Waals surface area contributed by atoms with E-state index < -0.39 is 10.0 Å². The Morgan fingerprint density at radius 1 is 1.16 bits per heavy atom. The highest BCUT2D eigenvalue weighted by atomic mass is 32.2. The summed E-state index contributed by atoms with van der Waals surface area (Å²) in [5, 5.41) is 3.25. The van der Waals surface area contributed by atoms with E-state index in [9.17, 15) is 8.42 Å². The summed E-state index contributed by atoms with van der Waals surface area (Å²) in [6.45, 7) is 0.696. The van der Waals surface area contributed by atoms with Crippen LogP contribution in [-0.2, 0) is 23.6 Å². The number of rotatable bonds is 5. The number of aromatic nitrogens is 1. The van der Waals surface area contributed by atoms with Crippen LogP contribution in [0.1, 0.15) is 5.69 Å². The molecule has 0 aliphatic rings. The van der Waals surface area contributed by atoms with Gasteiger partial charge in [0, 0.05) is 24.6 Å². The fourth-order valence-corrected chi connectivity index (χ4v) is 2.47. The molecule has 0 aliphatic carbocycles. The van der Waals surface area contributed by atoms with Crippen LogP contribution in [0, 0.1) is 0 Å². The van der Waals surface area contributed by atoms with Gasteiger partial charge in [-0.1, -0.05) is 0 Å².